The minimum Gasteiger partial charge on any atom is -0.326 e. The minimum absolute atomic E-state index is 0.0753. The highest BCUT2D eigenvalue weighted by Crippen LogP contribution is 2.24. The molecule has 2 N–H and O–H groups in total. The molecule has 0 aliphatic rings. The van der Waals surface area contributed by atoms with Crippen LogP contribution in [0.5, 0.6) is 0 Å². The number of rotatable bonds is 5. The van der Waals surface area contributed by atoms with Crippen LogP contribution in [0.2, 0.25) is 0 Å². The Morgan fingerprint density at radius 2 is 2.00 bits per heavy atom. The van der Waals surface area contributed by atoms with Crippen molar-refractivity contribution in [1.82, 2.24) is 9.88 Å². The first-order valence-electron chi connectivity index (χ1n) is 6.47. The summed E-state index contributed by atoms with van der Waals surface area (Å²) >= 11 is 1.63. The monoisotopic (exact) mass is 275 g/mol. The molecule has 2 atom stereocenters. The van der Waals surface area contributed by atoms with Gasteiger partial charge in [-0.2, -0.15) is 0 Å². The van der Waals surface area contributed by atoms with E-state index in [0.29, 0.717) is 0 Å². The Kier molecular flexibility index (Phi) is 4.69. The normalized spacial score (nSPS) is 14.6. The number of benzene rings is 1. The quantitative estimate of drug-likeness (QED) is 0.912. The van der Waals surface area contributed by atoms with Crippen molar-refractivity contribution in [1.29, 1.82) is 0 Å². The highest BCUT2D eigenvalue weighted by atomic mass is 32.1. The van der Waals surface area contributed by atoms with Crippen molar-refractivity contribution in [2.45, 2.75) is 32.5 Å². The molecule has 0 amide bonds. The number of hydrogen-bond acceptors (Lipinski definition) is 4. The van der Waals surface area contributed by atoms with Crippen LogP contribution in [0.1, 0.15) is 29.8 Å². The standard InChI is InChI=1S/C15H21N3S/c1-11-4-6-13(7-5-11)15(12(2)16)18(3)8-14-9-19-10-17-14/h4-7,9-10,12,15H,8,16H2,1-3H3. The minimum atomic E-state index is 0.0753. The van der Waals surface area contributed by atoms with Crippen LogP contribution >= 0.6 is 11.3 Å². The number of aromatic nitrogens is 1. The van der Waals surface area contributed by atoms with Gasteiger partial charge in [0.25, 0.3) is 0 Å². The smallest absolute Gasteiger partial charge is 0.0795 e. The lowest BCUT2D eigenvalue weighted by atomic mass is 9.98. The molecule has 0 radical (unpaired) electrons. The summed E-state index contributed by atoms with van der Waals surface area (Å²) < 4.78 is 0. The van der Waals surface area contributed by atoms with E-state index < -0.39 is 0 Å². The Balaban J connectivity index is 2.17. The second-order valence-corrected chi connectivity index (χ2v) is 5.83. The van der Waals surface area contributed by atoms with E-state index in [2.05, 4.69) is 60.4 Å². The van der Waals surface area contributed by atoms with Crippen molar-refractivity contribution in [3.05, 3.63) is 52.0 Å². The Morgan fingerprint density at radius 1 is 1.32 bits per heavy atom. The molecule has 19 heavy (non-hydrogen) atoms. The van der Waals surface area contributed by atoms with E-state index in [9.17, 15) is 0 Å². The van der Waals surface area contributed by atoms with Crippen LogP contribution in [-0.4, -0.2) is 23.0 Å². The molecule has 0 aliphatic carbocycles. The van der Waals surface area contributed by atoms with Gasteiger partial charge < -0.3 is 5.73 Å². The van der Waals surface area contributed by atoms with Crippen LogP contribution in [0.4, 0.5) is 0 Å². The lowest BCUT2D eigenvalue weighted by Crippen LogP contribution is -2.37. The third-order valence-corrected chi connectivity index (χ3v) is 3.92. The number of thiazole rings is 1. The fraction of sp³-hybridized carbons (Fsp3) is 0.400. The second kappa shape index (κ2) is 6.28. The van der Waals surface area contributed by atoms with E-state index >= 15 is 0 Å². The zero-order valence-corrected chi connectivity index (χ0v) is 12.5. The van der Waals surface area contributed by atoms with Gasteiger partial charge in [0.15, 0.2) is 0 Å². The molecule has 0 saturated heterocycles. The number of likely N-dealkylation sites (N-methyl/N-ethyl adjacent to an activating group) is 1. The van der Waals surface area contributed by atoms with Gasteiger partial charge in [-0.25, -0.2) is 4.98 Å². The van der Waals surface area contributed by atoms with Crippen LogP contribution in [0.3, 0.4) is 0 Å². The maximum absolute atomic E-state index is 6.18. The third-order valence-electron chi connectivity index (χ3n) is 3.29. The number of hydrogen-bond donors (Lipinski definition) is 1. The molecule has 1 aromatic carbocycles. The van der Waals surface area contributed by atoms with E-state index in [1.165, 1.54) is 11.1 Å². The molecule has 0 saturated carbocycles. The van der Waals surface area contributed by atoms with Crippen molar-refractivity contribution in [2.24, 2.45) is 5.73 Å². The number of aryl methyl sites for hydroxylation is 1. The number of nitrogens with two attached hydrogens (primary N) is 1. The Bertz CT molecular complexity index is 491. The van der Waals surface area contributed by atoms with Crippen LogP contribution in [0.25, 0.3) is 0 Å². The summed E-state index contributed by atoms with van der Waals surface area (Å²) in [5.74, 6) is 0. The van der Waals surface area contributed by atoms with E-state index in [1.807, 2.05) is 5.51 Å². The van der Waals surface area contributed by atoms with E-state index in [0.717, 1.165) is 12.2 Å². The van der Waals surface area contributed by atoms with Crippen LogP contribution in [-0.2, 0) is 6.54 Å². The van der Waals surface area contributed by atoms with Crippen molar-refractivity contribution in [2.75, 3.05) is 7.05 Å². The van der Waals surface area contributed by atoms with Gasteiger partial charge in [0.05, 0.1) is 11.2 Å². The molecule has 2 aromatic rings. The first-order chi connectivity index (χ1) is 9.08. The SMILES string of the molecule is Cc1ccc(C(C(C)N)N(C)Cc2cscn2)cc1. The Morgan fingerprint density at radius 3 is 2.53 bits per heavy atom. The summed E-state index contributed by atoms with van der Waals surface area (Å²) in [6.45, 7) is 4.98. The summed E-state index contributed by atoms with van der Waals surface area (Å²) in [6, 6.07) is 8.90. The highest BCUT2D eigenvalue weighted by molar-refractivity contribution is 7.07. The molecule has 0 fully saturated rings. The number of nitrogens with zero attached hydrogens (tertiary/aromatic N) is 2. The molecule has 0 bridgehead atoms. The second-order valence-electron chi connectivity index (χ2n) is 5.11. The van der Waals surface area contributed by atoms with Crippen molar-refractivity contribution in [3.8, 4) is 0 Å². The first kappa shape index (κ1) is 14.2. The van der Waals surface area contributed by atoms with E-state index in [-0.39, 0.29) is 12.1 Å². The fourth-order valence-electron chi connectivity index (χ4n) is 2.39. The maximum Gasteiger partial charge on any atom is 0.0795 e. The third kappa shape index (κ3) is 3.62. The average molecular weight is 275 g/mol. The van der Waals surface area contributed by atoms with Gasteiger partial charge in [-0.15, -0.1) is 11.3 Å². The predicted molar refractivity (Wildman–Crippen MR) is 81.2 cm³/mol. The summed E-state index contributed by atoms with van der Waals surface area (Å²) in [7, 11) is 2.10. The maximum atomic E-state index is 6.18. The van der Waals surface area contributed by atoms with Gasteiger partial charge in [-0.3, -0.25) is 4.90 Å². The molecule has 0 spiro atoms. The van der Waals surface area contributed by atoms with Crippen molar-refractivity contribution < 1.29 is 0 Å². The van der Waals surface area contributed by atoms with Gasteiger partial charge in [0, 0.05) is 24.0 Å². The summed E-state index contributed by atoms with van der Waals surface area (Å²) in [5, 5.41) is 2.09. The van der Waals surface area contributed by atoms with Crippen LogP contribution in [0.15, 0.2) is 35.2 Å². The van der Waals surface area contributed by atoms with Gasteiger partial charge >= 0.3 is 0 Å². The molecule has 0 aliphatic heterocycles. The summed E-state index contributed by atoms with van der Waals surface area (Å²) in [5.41, 5.74) is 11.7. The zero-order valence-electron chi connectivity index (χ0n) is 11.7. The largest absolute Gasteiger partial charge is 0.326 e. The summed E-state index contributed by atoms with van der Waals surface area (Å²) in [4.78, 5) is 6.61. The molecular weight excluding hydrogens is 254 g/mol. The van der Waals surface area contributed by atoms with Crippen molar-refractivity contribution >= 4 is 11.3 Å². The molecular formula is C15H21N3S. The topological polar surface area (TPSA) is 42.1 Å². The summed E-state index contributed by atoms with van der Waals surface area (Å²) in [6.07, 6.45) is 0. The van der Waals surface area contributed by atoms with Gasteiger partial charge in [0.2, 0.25) is 0 Å². The average Bonchev–Trinajstić information content (AvgIpc) is 2.84. The molecule has 2 unspecified atom stereocenters. The molecule has 1 aromatic heterocycles. The molecule has 1 heterocycles. The van der Waals surface area contributed by atoms with E-state index in [1.54, 1.807) is 11.3 Å². The fourth-order valence-corrected chi connectivity index (χ4v) is 2.94. The van der Waals surface area contributed by atoms with Gasteiger partial charge in [-0.1, -0.05) is 29.8 Å². The first-order valence-corrected chi connectivity index (χ1v) is 7.41. The predicted octanol–water partition coefficient (Wildman–Crippen LogP) is 2.97. The lowest BCUT2D eigenvalue weighted by molar-refractivity contribution is 0.209. The van der Waals surface area contributed by atoms with E-state index in [4.69, 9.17) is 5.73 Å². The van der Waals surface area contributed by atoms with Gasteiger partial charge in [-0.05, 0) is 26.5 Å². The zero-order chi connectivity index (χ0) is 13.8. The molecule has 2 rings (SSSR count). The van der Waals surface area contributed by atoms with Crippen LogP contribution in [0, 0.1) is 6.92 Å². The molecule has 102 valence electrons. The van der Waals surface area contributed by atoms with Gasteiger partial charge in [0.1, 0.15) is 0 Å². The van der Waals surface area contributed by atoms with Crippen molar-refractivity contribution in [3.63, 3.8) is 0 Å². The van der Waals surface area contributed by atoms with Crippen LogP contribution < -0.4 is 5.73 Å². The molecule has 3 nitrogen and oxygen atoms in total. The highest BCUT2D eigenvalue weighted by Gasteiger charge is 2.21. The lowest BCUT2D eigenvalue weighted by Gasteiger charge is -2.31. The Labute approximate surface area is 119 Å². The molecule has 4 heteroatoms. The Hall–Kier alpha value is -1.23.